The van der Waals surface area contributed by atoms with Crippen LogP contribution in [0.3, 0.4) is 0 Å². The molecule has 0 spiro atoms. The van der Waals surface area contributed by atoms with Crippen LogP contribution in [-0.4, -0.2) is 24.8 Å². The first-order valence-corrected chi connectivity index (χ1v) is 5.93. The van der Waals surface area contributed by atoms with E-state index >= 15 is 0 Å². The number of ether oxygens (including phenoxy) is 1. The van der Waals surface area contributed by atoms with Crippen LogP contribution in [0.2, 0.25) is 0 Å². The molecule has 1 aliphatic rings. The van der Waals surface area contributed by atoms with Gasteiger partial charge in [0.2, 0.25) is 0 Å². The van der Waals surface area contributed by atoms with Gasteiger partial charge in [-0.05, 0) is 25.8 Å². The number of hydrogen-bond donors (Lipinski definition) is 2. The first-order valence-electron chi connectivity index (χ1n) is 5.93. The summed E-state index contributed by atoms with van der Waals surface area (Å²) in [6, 6.07) is 1.69. The van der Waals surface area contributed by atoms with Gasteiger partial charge in [-0.15, -0.1) is 0 Å². The molecule has 0 aromatic carbocycles. The fourth-order valence-corrected chi connectivity index (χ4v) is 1.92. The number of carbonyl (C=O) groups excluding carboxylic acids is 1. The maximum Gasteiger partial charge on any atom is 0.315 e. The van der Waals surface area contributed by atoms with E-state index in [1.54, 1.807) is 12.5 Å². The van der Waals surface area contributed by atoms with Crippen molar-refractivity contribution in [1.29, 1.82) is 0 Å². The summed E-state index contributed by atoms with van der Waals surface area (Å²) in [5, 5.41) is 5.65. The zero-order valence-electron chi connectivity index (χ0n) is 9.94. The molecule has 0 unspecified atom stereocenters. The Bertz CT molecular complexity index is 345. The van der Waals surface area contributed by atoms with E-state index in [1.165, 1.54) is 0 Å². The van der Waals surface area contributed by atoms with Crippen LogP contribution in [0.1, 0.15) is 25.3 Å². The lowest BCUT2D eigenvalue weighted by Crippen LogP contribution is -2.45. The summed E-state index contributed by atoms with van der Waals surface area (Å²) in [6.07, 6.45) is 5.44. The lowest BCUT2D eigenvalue weighted by atomic mass is 10.1. The Hall–Kier alpha value is -1.49. The van der Waals surface area contributed by atoms with Crippen LogP contribution in [0.4, 0.5) is 4.79 Å². The van der Waals surface area contributed by atoms with Gasteiger partial charge in [-0.25, -0.2) is 4.79 Å². The summed E-state index contributed by atoms with van der Waals surface area (Å²) in [7, 11) is 0. The second-order valence-electron chi connectivity index (χ2n) is 4.30. The van der Waals surface area contributed by atoms with E-state index in [2.05, 4.69) is 10.6 Å². The third kappa shape index (κ3) is 3.49. The Morgan fingerprint density at radius 1 is 1.65 bits per heavy atom. The number of amides is 2. The Balaban J connectivity index is 1.69. The highest BCUT2D eigenvalue weighted by atomic mass is 16.5. The van der Waals surface area contributed by atoms with E-state index in [-0.39, 0.29) is 18.2 Å². The summed E-state index contributed by atoms with van der Waals surface area (Å²) in [4.78, 5) is 11.6. The normalized spacial score (nSPS) is 21.1. The largest absolute Gasteiger partial charge is 0.472 e. The Morgan fingerprint density at radius 2 is 2.53 bits per heavy atom. The highest BCUT2D eigenvalue weighted by Crippen LogP contribution is 2.15. The topological polar surface area (TPSA) is 63.5 Å². The second-order valence-corrected chi connectivity index (χ2v) is 4.30. The molecule has 1 aromatic rings. The van der Waals surface area contributed by atoms with Crippen molar-refractivity contribution in [3.8, 4) is 0 Å². The average molecular weight is 238 g/mol. The van der Waals surface area contributed by atoms with Gasteiger partial charge in [0, 0.05) is 18.7 Å². The van der Waals surface area contributed by atoms with Crippen molar-refractivity contribution in [3.05, 3.63) is 24.2 Å². The monoisotopic (exact) mass is 238 g/mol. The smallest absolute Gasteiger partial charge is 0.315 e. The predicted octanol–water partition coefficient (Wildman–Crippen LogP) is 1.65. The molecule has 1 fully saturated rings. The fraction of sp³-hybridized carbons (Fsp3) is 0.583. The van der Waals surface area contributed by atoms with Crippen LogP contribution in [0.25, 0.3) is 0 Å². The molecular formula is C12H18N2O3. The molecule has 0 saturated carbocycles. The van der Waals surface area contributed by atoms with Crippen molar-refractivity contribution in [3.63, 3.8) is 0 Å². The minimum atomic E-state index is -0.172. The van der Waals surface area contributed by atoms with E-state index in [0.717, 1.165) is 25.0 Å². The first kappa shape index (κ1) is 12.0. The van der Waals surface area contributed by atoms with Gasteiger partial charge in [-0.3, -0.25) is 0 Å². The third-order valence-electron chi connectivity index (χ3n) is 2.91. The quantitative estimate of drug-likeness (QED) is 0.838. The summed E-state index contributed by atoms with van der Waals surface area (Å²) in [5.74, 6) is 0. The molecule has 94 valence electrons. The molecule has 2 amide bonds. The SMILES string of the molecule is C[C@H](NC(=O)NCc1ccoc1)[C@H]1CCCO1. The molecular weight excluding hydrogens is 220 g/mol. The number of hydrogen-bond acceptors (Lipinski definition) is 3. The van der Waals surface area contributed by atoms with Gasteiger partial charge < -0.3 is 19.8 Å². The van der Waals surface area contributed by atoms with E-state index < -0.39 is 0 Å². The van der Waals surface area contributed by atoms with Crippen molar-refractivity contribution in [1.82, 2.24) is 10.6 Å². The number of urea groups is 1. The molecule has 0 bridgehead atoms. The molecule has 2 rings (SSSR count). The highest BCUT2D eigenvalue weighted by Gasteiger charge is 2.23. The molecule has 17 heavy (non-hydrogen) atoms. The zero-order chi connectivity index (χ0) is 12.1. The maximum absolute atomic E-state index is 11.6. The standard InChI is InChI=1S/C12H18N2O3/c1-9(11-3-2-5-17-11)14-12(15)13-7-10-4-6-16-8-10/h4,6,8-9,11H,2-3,5,7H2,1H3,(H2,13,14,15)/t9-,11+/m0/s1. The van der Waals surface area contributed by atoms with Crippen molar-refractivity contribution in [2.45, 2.75) is 38.5 Å². The van der Waals surface area contributed by atoms with Crippen LogP contribution >= 0.6 is 0 Å². The summed E-state index contributed by atoms with van der Waals surface area (Å²) >= 11 is 0. The molecule has 0 radical (unpaired) electrons. The molecule has 1 saturated heterocycles. The molecule has 2 atom stereocenters. The number of furan rings is 1. The third-order valence-corrected chi connectivity index (χ3v) is 2.91. The minimum Gasteiger partial charge on any atom is -0.472 e. The van der Waals surface area contributed by atoms with E-state index in [9.17, 15) is 4.79 Å². The van der Waals surface area contributed by atoms with Crippen molar-refractivity contribution in [2.75, 3.05) is 6.61 Å². The first-order chi connectivity index (χ1) is 8.25. The molecule has 5 heteroatoms. The zero-order valence-corrected chi connectivity index (χ0v) is 9.94. The van der Waals surface area contributed by atoms with Crippen LogP contribution in [0.5, 0.6) is 0 Å². The summed E-state index contributed by atoms with van der Waals surface area (Å²) in [6.45, 7) is 3.24. The van der Waals surface area contributed by atoms with Crippen molar-refractivity contribution >= 4 is 6.03 Å². The van der Waals surface area contributed by atoms with Crippen LogP contribution in [0.15, 0.2) is 23.0 Å². The van der Waals surface area contributed by atoms with Crippen LogP contribution < -0.4 is 10.6 Å². The van der Waals surface area contributed by atoms with Crippen LogP contribution in [-0.2, 0) is 11.3 Å². The Kier molecular flexibility index (Phi) is 4.03. The van der Waals surface area contributed by atoms with Gasteiger partial charge in [0.15, 0.2) is 0 Å². The van der Waals surface area contributed by atoms with E-state index in [1.807, 2.05) is 13.0 Å². The summed E-state index contributed by atoms with van der Waals surface area (Å²) < 4.78 is 10.4. The van der Waals surface area contributed by atoms with Crippen LogP contribution in [0, 0.1) is 0 Å². The number of rotatable bonds is 4. The van der Waals surface area contributed by atoms with Gasteiger partial charge in [0.1, 0.15) is 0 Å². The average Bonchev–Trinajstić information content (AvgIpc) is 2.99. The Morgan fingerprint density at radius 3 is 3.18 bits per heavy atom. The Labute approximate surface area is 101 Å². The lowest BCUT2D eigenvalue weighted by molar-refractivity contribution is 0.0860. The molecule has 5 nitrogen and oxygen atoms in total. The maximum atomic E-state index is 11.6. The lowest BCUT2D eigenvalue weighted by Gasteiger charge is -2.20. The number of carbonyl (C=O) groups is 1. The van der Waals surface area contributed by atoms with Gasteiger partial charge >= 0.3 is 6.03 Å². The van der Waals surface area contributed by atoms with Gasteiger partial charge in [-0.1, -0.05) is 0 Å². The van der Waals surface area contributed by atoms with E-state index in [0.29, 0.717) is 6.54 Å². The molecule has 1 aliphatic heterocycles. The minimum absolute atomic E-state index is 0.0434. The van der Waals surface area contributed by atoms with E-state index in [4.69, 9.17) is 9.15 Å². The highest BCUT2D eigenvalue weighted by molar-refractivity contribution is 5.74. The van der Waals surface area contributed by atoms with Gasteiger partial charge in [0.05, 0.1) is 24.7 Å². The molecule has 1 aromatic heterocycles. The number of nitrogens with one attached hydrogen (secondary N) is 2. The van der Waals surface area contributed by atoms with Gasteiger partial charge in [0.25, 0.3) is 0 Å². The molecule has 2 heterocycles. The van der Waals surface area contributed by atoms with Crippen molar-refractivity contribution < 1.29 is 13.9 Å². The molecule has 0 aliphatic carbocycles. The predicted molar refractivity (Wildman–Crippen MR) is 62.5 cm³/mol. The fourth-order valence-electron chi connectivity index (χ4n) is 1.92. The molecule has 2 N–H and O–H groups in total. The van der Waals surface area contributed by atoms with Gasteiger partial charge in [-0.2, -0.15) is 0 Å². The summed E-state index contributed by atoms with van der Waals surface area (Å²) in [5.41, 5.74) is 0.949. The second kappa shape index (κ2) is 5.72. The van der Waals surface area contributed by atoms with Crippen molar-refractivity contribution in [2.24, 2.45) is 0 Å².